The Morgan fingerprint density at radius 1 is 1.14 bits per heavy atom. The number of nitrogens with two attached hydrogens (primary N) is 1. The number of hydrogen-bond donors (Lipinski definition) is 2. The van der Waals surface area contributed by atoms with Crippen LogP contribution < -0.4 is 5.73 Å². The van der Waals surface area contributed by atoms with Gasteiger partial charge in [0.15, 0.2) is 0 Å². The van der Waals surface area contributed by atoms with E-state index >= 15 is 0 Å². The first-order valence-corrected chi connectivity index (χ1v) is 7.93. The van der Waals surface area contributed by atoms with Crippen LogP contribution in [0.15, 0.2) is 0 Å². The number of nitrogens with zero attached hydrogens (tertiary/aromatic N) is 1. The lowest BCUT2D eigenvalue weighted by Gasteiger charge is -2.26. The molecule has 3 aliphatic rings. The summed E-state index contributed by atoms with van der Waals surface area (Å²) in [6, 6.07) is 0. The molecule has 0 radical (unpaired) electrons. The normalized spacial score (nSPS) is 25.8. The van der Waals surface area contributed by atoms with Gasteiger partial charge in [-0.3, -0.25) is 0 Å². The smallest absolute Gasteiger partial charge is 0.475 e. The molecular formula is C15H25F3N2O2. The monoisotopic (exact) mass is 322 g/mol. The largest absolute Gasteiger partial charge is 0.490 e. The summed E-state index contributed by atoms with van der Waals surface area (Å²) in [4.78, 5) is 11.6. The molecule has 0 aromatic carbocycles. The van der Waals surface area contributed by atoms with Gasteiger partial charge in [-0.05, 0) is 56.0 Å². The third kappa shape index (κ3) is 4.35. The zero-order valence-electron chi connectivity index (χ0n) is 12.8. The fourth-order valence-corrected chi connectivity index (χ4v) is 3.77. The van der Waals surface area contributed by atoms with Crippen LogP contribution in [0.4, 0.5) is 13.2 Å². The van der Waals surface area contributed by atoms with E-state index in [4.69, 9.17) is 15.6 Å². The van der Waals surface area contributed by atoms with Crippen molar-refractivity contribution < 1.29 is 23.1 Å². The minimum Gasteiger partial charge on any atom is -0.475 e. The van der Waals surface area contributed by atoms with Crippen LogP contribution in [-0.4, -0.2) is 48.3 Å². The number of carboxylic acid groups (broad SMARTS) is 1. The van der Waals surface area contributed by atoms with Crippen molar-refractivity contribution >= 4 is 5.97 Å². The van der Waals surface area contributed by atoms with Gasteiger partial charge in [0, 0.05) is 13.1 Å². The molecule has 4 nitrogen and oxygen atoms in total. The van der Waals surface area contributed by atoms with Crippen molar-refractivity contribution in [3.63, 3.8) is 0 Å². The molecule has 3 N–H and O–H groups in total. The lowest BCUT2D eigenvalue weighted by Crippen LogP contribution is -2.34. The second kappa shape index (κ2) is 6.35. The van der Waals surface area contributed by atoms with Crippen molar-refractivity contribution in [1.82, 2.24) is 4.90 Å². The number of likely N-dealkylation sites (tertiary alicyclic amines) is 1. The number of rotatable bonds is 3. The van der Waals surface area contributed by atoms with Gasteiger partial charge in [-0.2, -0.15) is 13.2 Å². The van der Waals surface area contributed by atoms with E-state index in [1.807, 2.05) is 0 Å². The topological polar surface area (TPSA) is 66.6 Å². The van der Waals surface area contributed by atoms with E-state index in [-0.39, 0.29) is 0 Å². The minimum absolute atomic E-state index is 0.546. The molecule has 3 rings (SSSR count). The van der Waals surface area contributed by atoms with Crippen molar-refractivity contribution in [3.8, 4) is 0 Å². The van der Waals surface area contributed by atoms with E-state index in [1.165, 1.54) is 64.6 Å². The van der Waals surface area contributed by atoms with Crippen molar-refractivity contribution in [1.29, 1.82) is 0 Å². The highest BCUT2D eigenvalue weighted by Crippen LogP contribution is 2.49. The van der Waals surface area contributed by atoms with Crippen LogP contribution in [0.25, 0.3) is 0 Å². The van der Waals surface area contributed by atoms with Crippen molar-refractivity contribution in [2.24, 2.45) is 16.6 Å². The number of carbonyl (C=O) groups is 1. The standard InChI is InChI=1S/C13H24N2.C2HF3O2/c14-9-13(5-6-13)11-15-8-7-12(10-15)3-1-2-4-12;3-2(4,5)1(6)7/h1-11,14H2;(H,6,7). The van der Waals surface area contributed by atoms with Crippen molar-refractivity contribution in [2.75, 3.05) is 26.2 Å². The lowest BCUT2D eigenvalue weighted by molar-refractivity contribution is -0.192. The summed E-state index contributed by atoms with van der Waals surface area (Å²) >= 11 is 0. The predicted molar refractivity (Wildman–Crippen MR) is 76.4 cm³/mol. The lowest BCUT2D eigenvalue weighted by atomic mass is 9.86. The van der Waals surface area contributed by atoms with Gasteiger partial charge in [0.1, 0.15) is 0 Å². The number of alkyl halides is 3. The van der Waals surface area contributed by atoms with Crippen molar-refractivity contribution in [2.45, 2.75) is 51.1 Å². The number of hydrogen-bond acceptors (Lipinski definition) is 3. The molecule has 1 spiro atoms. The Hall–Kier alpha value is -0.820. The second-order valence-corrected chi connectivity index (χ2v) is 7.17. The molecule has 2 saturated carbocycles. The molecule has 1 aliphatic heterocycles. The summed E-state index contributed by atoms with van der Waals surface area (Å²) in [5, 5.41) is 7.12. The van der Waals surface area contributed by atoms with Gasteiger partial charge in [0.2, 0.25) is 0 Å². The molecule has 3 fully saturated rings. The Balaban J connectivity index is 0.000000217. The highest BCUT2D eigenvalue weighted by atomic mass is 19.4. The molecule has 0 aromatic rings. The maximum Gasteiger partial charge on any atom is 0.490 e. The second-order valence-electron chi connectivity index (χ2n) is 7.17. The van der Waals surface area contributed by atoms with Gasteiger partial charge >= 0.3 is 12.1 Å². The average Bonchev–Trinajstić information content (AvgIpc) is 2.89. The average molecular weight is 322 g/mol. The van der Waals surface area contributed by atoms with Crippen LogP contribution in [-0.2, 0) is 4.79 Å². The van der Waals surface area contributed by atoms with Gasteiger partial charge in [-0.25, -0.2) is 4.79 Å². The summed E-state index contributed by atoms with van der Waals surface area (Å²) in [6.07, 6.45) is 5.11. The Morgan fingerprint density at radius 3 is 2.09 bits per heavy atom. The Morgan fingerprint density at radius 2 is 1.68 bits per heavy atom. The SMILES string of the molecule is NCC1(CN2CCC3(CCCC3)C2)CC1.O=C(O)C(F)(F)F. The number of carboxylic acids is 1. The highest BCUT2D eigenvalue weighted by Gasteiger charge is 2.46. The zero-order valence-corrected chi connectivity index (χ0v) is 12.8. The summed E-state index contributed by atoms with van der Waals surface area (Å²) < 4.78 is 31.7. The van der Waals surface area contributed by atoms with Crippen LogP contribution in [0.5, 0.6) is 0 Å². The molecule has 0 amide bonds. The van der Waals surface area contributed by atoms with Crippen LogP contribution in [0.2, 0.25) is 0 Å². The molecule has 22 heavy (non-hydrogen) atoms. The molecule has 0 bridgehead atoms. The first-order valence-electron chi connectivity index (χ1n) is 7.93. The van der Waals surface area contributed by atoms with Gasteiger partial charge in [-0.1, -0.05) is 12.8 Å². The van der Waals surface area contributed by atoms with Crippen molar-refractivity contribution in [3.05, 3.63) is 0 Å². The summed E-state index contributed by atoms with van der Waals surface area (Å²) in [5.41, 5.74) is 7.15. The third-order valence-electron chi connectivity index (χ3n) is 5.37. The molecule has 1 heterocycles. The van der Waals surface area contributed by atoms with Gasteiger partial charge in [0.05, 0.1) is 0 Å². The number of aliphatic carboxylic acids is 1. The van der Waals surface area contributed by atoms with Gasteiger partial charge in [0.25, 0.3) is 0 Å². The van der Waals surface area contributed by atoms with Gasteiger partial charge < -0.3 is 15.7 Å². The summed E-state index contributed by atoms with van der Waals surface area (Å²) in [6.45, 7) is 4.94. The Labute approximate surface area is 128 Å². The highest BCUT2D eigenvalue weighted by molar-refractivity contribution is 5.73. The van der Waals surface area contributed by atoms with E-state index in [9.17, 15) is 13.2 Å². The minimum atomic E-state index is -5.08. The van der Waals surface area contributed by atoms with E-state index < -0.39 is 12.1 Å². The fourth-order valence-electron chi connectivity index (χ4n) is 3.77. The molecule has 0 atom stereocenters. The van der Waals surface area contributed by atoms with Crippen LogP contribution >= 0.6 is 0 Å². The number of halogens is 3. The zero-order chi connectivity index (χ0) is 16.4. The van der Waals surface area contributed by atoms with E-state index in [0.29, 0.717) is 5.41 Å². The maximum absolute atomic E-state index is 10.6. The van der Waals surface area contributed by atoms with Gasteiger partial charge in [-0.15, -0.1) is 0 Å². The molecule has 1 saturated heterocycles. The summed E-state index contributed by atoms with van der Waals surface area (Å²) in [7, 11) is 0. The molecule has 7 heteroatoms. The maximum atomic E-state index is 10.6. The molecule has 2 aliphatic carbocycles. The van der Waals surface area contributed by atoms with E-state index in [1.54, 1.807) is 0 Å². The van der Waals surface area contributed by atoms with Crippen LogP contribution in [0, 0.1) is 10.8 Å². The van der Waals surface area contributed by atoms with E-state index in [0.717, 1.165) is 12.0 Å². The molecular weight excluding hydrogens is 297 g/mol. The third-order valence-corrected chi connectivity index (χ3v) is 5.37. The summed E-state index contributed by atoms with van der Waals surface area (Å²) in [5.74, 6) is -2.76. The van der Waals surface area contributed by atoms with Crippen LogP contribution in [0.1, 0.15) is 44.9 Å². The quantitative estimate of drug-likeness (QED) is 0.838. The van der Waals surface area contributed by atoms with E-state index in [2.05, 4.69) is 4.90 Å². The predicted octanol–water partition coefficient (Wildman–Crippen LogP) is 2.62. The first-order chi connectivity index (χ1) is 10.2. The molecule has 128 valence electrons. The Bertz CT molecular complexity index is 402. The molecule has 0 aromatic heterocycles. The first kappa shape index (κ1) is 17.5. The van der Waals surface area contributed by atoms with Crippen LogP contribution in [0.3, 0.4) is 0 Å². The molecule has 0 unspecified atom stereocenters. The fraction of sp³-hybridized carbons (Fsp3) is 0.933. The Kier molecular flexibility index (Phi) is 5.06.